The summed E-state index contributed by atoms with van der Waals surface area (Å²) in [5.41, 5.74) is -0.111. The van der Waals surface area contributed by atoms with Gasteiger partial charge in [-0.3, -0.25) is 4.79 Å². The highest BCUT2D eigenvalue weighted by atomic mass is 17.1. The van der Waals surface area contributed by atoms with Crippen molar-refractivity contribution in [2.75, 3.05) is 6.61 Å². The highest BCUT2D eigenvalue weighted by molar-refractivity contribution is 5.69. The minimum Gasteiger partial charge on any atom is -0.466 e. The lowest BCUT2D eigenvalue weighted by Crippen LogP contribution is -2.13. The van der Waals surface area contributed by atoms with E-state index in [1.54, 1.807) is 0 Å². The molecule has 1 N–H and O–H groups in total. The molecule has 0 heterocycles. The summed E-state index contributed by atoms with van der Waals surface area (Å²) in [7, 11) is 0. The number of esters is 1. The number of hydrogen-bond acceptors (Lipinski definition) is 5. The molecule has 0 amide bonds. The van der Waals surface area contributed by atoms with Gasteiger partial charge in [0.15, 0.2) is 0 Å². The van der Waals surface area contributed by atoms with Gasteiger partial charge in [-0.15, -0.1) is 0 Å². The van der Waals surface area contributed by atoms with Gasteiger partial charge in [0.2, 0.25) is 0 Å². The summed E-state index contributed by atoms with van der Waals surface area (Å²) >= 11 is 0. The molecule has 0 radical (unpaired) electrons. The van der Waals surface area contributed by atoms with Crippen LogP contribution in [0.25, 0.3) is 0 Å². The highest BCUT2D eigenvalue weighted by Gasteiger charge is 2.16. The van der Waals surface area contributed by atoms with Crippen LogP contribution < -0.4 is 0 Å². The Morgan fingerprint density at radius 2 is 1.76 bits per heavy atom. The van der Waals surface area contributed by atoms with Crippen molar-refractivity contribution in [1.29, 1.82) is 0 Å². The van der Waals surface area contributed by atoms with Crippen molar-refractivity contribution in [2.24, 2.45) is 5.41 Å². The number of unbranched alkanes of at least 4 members (excludes halogenated alkanes) is 1. The third-order valence-electron chi connectivity index (χ3n) is 1.58. The predicted molar refractivity (Wildman–Crippen MR) is 64.3 cm³/mol. The molecule has 0 rings (SSSR count). The van der Waals surface area contributed by atoms with Gasteiger partial charge < -0.3 is 9.62 Å². The molecule has 5 heteroatoms. The molecular formula is C12H24O5. The van der Waals surface area contributed by atoms with Crippen molar-refractivity contribution >= 4 is 11.9 Å². The van der Waals surface area contributed by atoms with Gasteiger partial charge in [0.05, 0.1) is 13.0 Å². The van der Waals surface area contributed by atoms with E-state index < -0.39 is 5.97 Å². The molecule has 0 aliphatic heterocycles. The lowest BCUT2D eigenvalue weighted by molar-refractivity contribution is -0.236. The van der Waals surface area contributed by atoms with E-state index in [0.717, 1.165) is 12.8 Å². The van der Waals surface area contributed by atoms with Gasteiger partial charge in [-0.2, -0.15) is 5.26 Å². The fraction of sp³-hybridized carbons (Fsp3) is 0.833. The fourth-order valence-electron chi connectivity index (χ4n) is 0.826. The standard InChI is InChI=1S/C6H12O3.C6H12O2/c1-6(2,3)4-5(7)9-8;1-3-4-5-8-6(2)7/h8H,4H2,1-3H3;3-5H2,1-2H3. The van der Waals surface area contributed by atoms with Crippen molar-refractivity contribution in [1.82, 2.24) is 0 Å². The molecule has 0 aromatic carbocycles. The second-order valence-electron chi connectivity index (χ2n) is 4.89. The Bertz CT molecular complexity index is 217. The summed E-state index contributed by atoms with van der Waals surface area (Å²) in [6, 6.07) is 0. The molecule has 102 valence electrons. The maximum Gasteiger partial charge on any atom is 0.342 e. The van der Waals surface area contributed by atoms with E-state index in [4.69, 9.17) is 5.26 Å². The maximum absolute atomic E-state index is 10.4. The molecule has 0 saturated heterocycles. The van der Waals surface area contributed by atoms with Crippen molar-refractivity contribution in [3.05, 3.63) is 0 Å². The lowest BCUT2D eigenvalue weighted by Gasteiger charge is -2.14. The Hall–Kier alpha value is -1.10. The van der Waals surface area contributed by atoms with Crippen LogP contribution in [0.15, 0.2) is 0 Å². The van der Waals surface area contributed by atoms with Crippen LogP contribution in [0.4, 0.5) is 0 Å². The van der Waals surface area contributed by atoms with Crippen molar-refractivity contribution in [2.45, 2.75) is 53.9 Å². The van der Waals surface area contributed by atoms with Crippen LogP contribution in [0.5, 0.6) is 0 Å². The van der Waals surface area contributed by atoms with Gasteiger partial charge in [-0.05, 0) is 11.8 Å². The summed E-state index contributed by atoms with van der Waals surface area (Å²) in [5, 5.41) is 7.85. The molecule has 17 heavy (non-hydrogen) atoms. The Balaban J connectivity index is 0. The lowest BCUT2D eigenvalue weighted by atomic mass is 9.93. The third-order valence-corrected chi connectivity index (χ3v) is 1.58. The van der Waals surface area contributed by atoms with Crippen molar-refractivity contribution in [3.8, 4) is 0 Å². The molecule has 0 unspecified atom stereocenters. The van der Waals surface area contributed by atoms with Crippen molar-refractivity contribution < 1.29 is 24.5 Å². The summed E-state index contributed by atoms with van der Waals surface area (Å²) in [5.74, 6) is -0.763. The van der Waals surface area contributed by atoms with Crippen LogP contribution in [0.1, 0.15) is 53.9 Å². The highest BCUT2D eigenvalue weighted by Crippen LogP contribution is 2.18. The summed E-state index contributed by atoms with van der Waals surface area (Å²) in [6.45, 7) is 9.74. The van der Waals surface area contributed by atoms with Gasteiger partial charge in [0.25, 0.3) is 0 Å². The predicted octanol–water partition coefficient (Wildman–Crippen LogP) is 2.79. The normalized spacial score (nSPS) is 10.0. The smallest absolute Gasteiger partial charge is 0.342 e. The second kappa shape index (κ2) is 10.1. The summed E-state index contributed by atoms with van der Waals surface area (Å²) in [4.78, 5) is 23.9. The molecule has 0 atom stereocenters. The van der Waals surface area contributed by atoms with Gasteiger partial charge in [-0.1, -0.05) is 34.1 Å². The number of hydrogen-bond donors (Lipinski definition) is 1. The van der Waals surface area contributed by atoms with Crippen LogP contribution in [0.2, 0.25) is 0 Å². The van der Waals surface area contributed by atoms with Crippen LogP contribution in [0, 0.1) is 5.41 Å². The van der Waals surface area contributed by atoms with Gasteiger partial charge >= 0.3 is 11.9 Å². The average molecular weight is 248 g/mol. The minimum absolute atomic E-state index is 0.111. The third kappa shape index (κ3) is 20.9. The van der Waals surface area contributed by atoms with E-state index in [9.17, 15) is 9.59 Å². The Kier molecular flexibility index (Phi) is 10.8. The zero-order valence-corrected chi connectivity index (χ0v) is 11.4. The van der Waals surface area contributed by atoms with E-state index in [0.29, 0.717) is 6.61 Å². The van der Waals surface area contributed by atoms with Gasteiger partial charge in [0.1, 0.15) is 0 Å². The maximum atomic E-state index is 10.4. The second-order valence-corrected chi connectivity index (χ2v) is 4.89. The molecule has 0 aliphatic rings. The summed E-state index contributed by atoms with van der Waals surface area (Å²) < 4.78 is 4.64. The number of carbonyl (C=O) groups excluding carboxylic acids is 2. The first-order valence-electron chi connectivity index (χ1n) is 5.70. The molecule has 0 spiro atoms. The first kappa shape index (κ1) is 18.3. The van der Waals surface area contributed by atoms with E-state index in [-0.39, 0.29) is 17.8 Å². The first-order valence-corrected chi connectivity index (χ1v) is 5.70. The van der Waals surface area contributed by atoms with Crippen LogP contribution in [-0.2, 0) is 19.2 Å². The number of carbonyl (C=O) groups is 2. The molecule has 0 aromatic rings. The van der Waals surface area contributed by atoms with Gasteiger partial charge in [0, 0.05) is 6.92 Å². The quantitative estimate of drug-likeness (QED) is 0.358. The first-order chi connectivity index (χ1) is 7.72. The number of rotatable bonds is 4. The molecule has 0 bridgehead atoms. The summed E-state index contributed by atoms with van der Waals surface area (Å²) in [6.07, 6.45) is 2.29. The molecule has 0 aromatic heterocycles. The molecule has 5 nitrogen and oxygen atoms in total. The zero-order valence-electron chi connectivity index (χ0n) is 11.4. The van der Waals surface area contributed by atoms with E-state index in [1.165, 1.54) is 6.92 Å². The number of ether oxygens (including phenoxy) is 1. The molecule has 0 aliphatic carbocycles. The zero-order chi connectivity index (χ0) is 13.9. The Labute approximate surface area is 103 Å². The van der Waals surface area contributed by atoms with Crippen LogP contribution >= 0.6 is 0 Å². The monoisotopic (exact) mass is 248 g/mol. The van der Waals surface area contributed by atoms with E-state index in [2.05, 4.69) is 16.5 Å². The van der Waals surface area contributed by atoms with Gasteiger partial charge in [-0.25, -0.2) is 4.79 Å². The largest absolute Gasteiger partial charge is 0.466 e. The molecular weight excluding hydrogens is 224 g/mol. The average Bonchev–Trinajstić information content (AvgIpc) is 2.16. The van der Waals surface area contributed by atoms with Crippen molar-refractivity contribution in [3.63, 3.8) is 0 Å². The van der Waals surface area contributed by atoms with Crippen LogP contribution in [0.3, 0.4) is 0 Å². The molecule has 0 fully saturated rings. The molecule has 0 saturated carbocycles. The Morgan fingerprint density at radius 1 is 1.24 bits per heavy atom. The fourth-order valence-corrected chi connectivity index (χ4v) is 0.826. The SMILES string of the molecule is CC(C)(C)CC(=O)OO.CCCCOC(C)=O. The minimum atomic E-state index is -0.581. The van der Waals surface area contributed by atoms with Crippen LogP contribution in [-0.4, -0.2) is 23.8 Å². The van der Waals surface area contributed by atoms with E-state index >= 15 is 0 Å². The Morgan fingerprint density at radius 3 is 2.00 bits per heavy atom. The topological polar surface area (TPSA) is 72.8 Å². The van der Waals surface area contributed by atoms with E-state index in [1.807, 2.05) is 20.8 Å².